The van der Waals surface area contributed by atoms with Crippen LogP contribution in [0.25, 0.3) is 0 Å². The van der Waals surface area contributed by atoms with E-state index >= 15 is 0 Å². The molecule has 2 N–H and O–H groups in total. The van der Waals surface area contributed by atoms with Crippen LogP contribution in [-0.4, -0.2) is 25.7 Å². The number of amides is 1. The summed E-state index contributed by atoms with van der Waals surface area (Å²) in [6, 6.07) is 16.9. The van der Waals surface area contributed by atoms with Crippen molar-refractivity contribution in [1.29, 1.82) is 0 Å². The van der Waals surface area contributed by atoms with Crippen LogP contribution in [0.15, 0.2) is 89.5 Å². The quantitative estimate of drug-likeness (QED) is 0.327. The average molecular weight is 507 g/mol. The lowest BCUT2D eigenvalue weighted by Gasteiger charge is -2.28. The molecule has 0 bridgehead atoms. The number of carbonyl (C=O) groups excluding carboxylic acids is 1. The van der Waals surface area contributed by atoms with Gasteiger partial charge in [0.2, 0.25) is 11.1 Å². The third-order valence-electron chi connectivity index (χ3n) is 5.50. The molecule has 0 aliphatic carbocycles. The molecule has 1 aliphatic rings. The second-order valence-electron chi connectivity index (χ2n) is 7.86. The lowest BCUT2D eigenvalue weighted by atomic mass is 9.95. The number of hydrogen-bond acceptors (Lipinski definition) is 6. The van der Waals surface area contributed by atoms with Crippen LogP contribution in [0, 0.1) is 5.82 Å². The van der Waals surface area contributed by atoms with Crippen LogP contribution >= 0.6 is 23.4 Å². The number of hydrogen-bond donors (Lipinski definition) is 2. The highest BCUT2D eigenvalue weighted by atomic mass is 35.5. The van der Waals surface area contributed by atoms with E-state index in [0.29, 0.717) is 44.4 Å². The van der Waals surface area contributed by atoms with Crippen LogP contribution in [0.5, 0.6) is 0 Å². The molecule has 0 saturated carbocycles. The van der Waals surface area contributed by atoms with Crippen molar-refractivity contribution < 1.29 is 9.18 Å². The third-order valence-corrected chi connectivity index (χ3v) is 6.64. The summed E-state index contributed by atoms with van der Waals surface area (Å²) in [4.78, 5) is 22.1. The summed E-state index contributed by atoms with van der Waals surface area (Å²) in [5.74, 6) is 0.316. The molecule has 0 radical (unpaired) electrons. The number of benzene rings is 2. The molecule has 2 aromatic carbocycles. The van der Waals surface area contributed by atoms with Crippen LogP contribution in [0.1, 0.15) is 24.1 Å². The summed E-state index contributed by atoms with van der Waals surface area (Å²) < 4.78 is 15.7. The van der Waals surface area contributed by atoms with Crippen LogP contribution in [-0.2, 0) is 10.5 Å². The number of allylic oxidation sites excluding steroid dienone is 1. The monoisotopic (exact) mass is 506 g/mol. The van der Waals surface area contributed by atoms with Crippen molar-refractivity contribution in [3.05, 3.63) is 106 Å². The Labute approximate surface area is 210 Å². The number of pyridine rings is 1. The fourth-order valence-electron chi connectivity index (χ4n) is 3.83. The van der Waals surface area contributed by atoms with Gasteiger partial charge in [-0.1, -0.05) is 53.7 Å². The third kappa shape index (κ3) is 4.91. The zero-order valence-corrected chi connectivity index (χ0v) is 20.1. The summed E-state index contributed by atoms with van der Waals surface area (Å²) in [5, 5.41) is 11.8. The maximum atomic E-state index is 14.1. The number of nitrogens with one attached hydrogen (secondary N) is 2. The van der Waals surface area contributed by atoms with Gasteiger partial charge >= 0.3 is 0 Å². The molecule has 7 nitrogen and oxygen atoms in total. The van der Waals surface area contributed by atoms with E-state index in [1.54, 1.807) is 59.5 Å². The molecule has 4 aromatic rings. The first-order chi connectivity index (χ1) is 17.0. The Morgan fingerprint density at radius 1 is 1.17 bits per heavy atom. The molecular formula is C25H20ClFN6OS. The van der Waals surface area contributed by atoms with E-state index in [2.05, 4.69) is 25.7 Å². The smallest absolute Gasteiger partial charge is 0.255 e. The van der Waals surface area contributed by atoms with Crippen molar-refractivity contribution in [2.45, 2.75) is 23.9 Å². The van der Waals surface area contributed by atoms with E-state index in [0.717, 1.165) is 5.56 Å². The van der Waals surface area contributed by atoms with Crippen LogP contribution < -0.4 is 10.6 Å². The number of thioether (sulfide) groups is 1. The number of nitrogens with zero attached hydrogens (tertiary/aromatic N) is 4. The van der Waals surface area contributed by atoms with Gasteiger partial charge in [-0.3, -0.25) is 9.78 Å². The number of aromatic nitrogens is 4. The number of halogens is 2. The highest BCUT2D eigenvalue weighted by Gasteiger charge is 2.34. The van der Waals surface area contributed by atoms with Crippen molar-refractivity contribution >= 4 is 40.9 Å². The van der Waals surface area contributed by atoms with E-state index in [4.69, 9.17) is 11.6 Å². The second kappa shape index (κ2) is 9.89. The van der Waals surface area contributed by atoms with E-state index in [-0.39, 0.29) is 11.7 Å². The van der Waals surface area contributed by atoms with Gasteiger partial charge < -0.3 is 10.6 Å². The average Bonchev–Trinajstić information content (AvgIpc) is 3.26. The minimum atomic E-state index is -0.546. The number of carbonyl (C=O) groups is 1. The number of rotatable bonds is 6. The lowest BCUT2D eigenvalue weighted by molar-refractivity contribution is -0.113. The molecule has 1 unspecified atom stereocenters. The van der Waals surface area contributed by atoms with E-state index < -0.39 is 6.04 Å². The molecule has 2 aromatic heterocycles. The predicted octanol–water partition coefficient (Wildman–Crippen LogP) is 5.69. The largest absolute Gasteiger partial charge is 0.328 e. The summed E-state index contributed by atoms with van der Waals surface area (Å²) >= 11 is 7.45. The summed E-state index contributed by atoms with van der Waals surface area (Å²) in [6.45, 7) is 1.82. The van der Waals surface area contributed by atoms with Gasteiger partial charge in [-0.05, 0) is 48.4 Å². The Balaban J connectivity index is 1.49. The van der Waals surface area contributed by atoms with E-state index in [9.17, 15) is 9.18 Å². The van der Waals surface area contributed by atoms with Crippen molar-refractivity contribution in [2.24, 2.45) is 0 Å². The Morgan fingerprint density at radius 3 is 2.71 bits per heavy atom. The summed E-state index contributed by atoms with van der Waals surface area (Å²) in [6.07, 6.45) is 3.22. The molecule has 176 valence electrons. The Kier molecular flexibility index (Phi) is 6.52. The Bertz CT molecular complexity index is 1410. The second-order valence-corrected chi connectivity index (χ2v) is 9.24. The normalized spacial score (nSPS) is 14.9. The van der Waals surface area contributed by atoms with Gasteiger partial charge in [-0.15, -0.1) is 5.10 Å². The highest BCUT2D eigenvalue weighted by Crippen LogP contribution is 2.37. The molecule has 1 aliphatic heterocycles. The Hall–Kier alpha value is -3.69. The molecule has 35 heavy (non-hydrogen) atoms. The van der Waals surface area contributed by atoms with Crippen molar-refractivity contribution in [3.63, 3.8) is 0 Å². The molecule has 1 amide bonds. The van der Waals surface area contributed by atoms with Gasteiger partial charge in [0.05, 0.1) is 17.5 Å². The standard InChI is InChI=1S/C25H20ClFN6OS/c1-15-21(23(34)30-19-6-4-12-28-13-19)22(16-8-10-18(26)11-9-16)33-24(29-15)31-25(32-33)35-14-17-5-2-3-7-20(17)27/h2-13,22H,14H2,1H3,(H,30,34)(H,29,31,32). The Morgan fingerprint density at radius 2 is 1.97 bits per heavy atom. The number of anilines is 2. The fraction of sp³-hybridized carbons (Fsp3) is 0.120. The van der Waals surface area contributed by atoms with Crippen molar-refractivity contribution in [2.75, 3.05) is 10.6 Å². The minimum absolute atomic E-state index is 0.270. The SMILES string of the molecule is CC1=C(C(=O)Nc2cccnc2)C(c2ccc(Cl)cc2)n2nc(SCc3ccccc3F)nc2N1. The topological polar surface area (TPSA) is 84.7 Å². The first kappa shape index (κ1) is 23.1. The zero-order chi connectivity index (χ0) is 24.4. The molecule has 0 fully saturated rings. The summed E-state index contributed by atoms with van der Waals surface area (Å²) in [5.41, 5.74) is 3.11. The van der Waals surface area contributed by atoms with Crippen molar-refractivity contribution in [1.82, 2.24) is 19.7 Å². The molecule has 3 heterocycles. The molecular weight excluding hydrogens is 487 g/mol. The first-order valence-electron chi connectivity index (χ1n) is 10.8. The summed E-state index contributed by atoms with van der Waals surface area (Å²) in [7, 11) is 0. The van der Waals surface area contributed by atoms with Gasteiger partial charge in [0.1, 0.15) is 11.9 Å². The van der Waals surface area contributed by atoms with Gasteiger partial charge in [0.25, 0.3) is 5.91 Å². The molecule has 0 saturated heterocycles. The zero-order valence-electron chi connectivity index (χ0n) is 18.6. The van der Waals surface area contributed by atoms with Gasteiger partial charge in [0, 0.05) is 22.7 Å². The molecule has 5 rings (SSSR count). The van der Waals surface area contributed by atoms with Crippen LogP contribution in [0.3, 0.4) is 0 Å². The van der Waals surface area contributed by atoms with E-state index in [1.807, 2.05) is 19.1 Å². The first-order valence-corrected chi connectivity index (χ1v) is 12.1. The highest BCUT2D eigenvalue weighted by molar-refractivity contribution is 7.98. The fourth-order valence-corrected chi connectivity index (χ4v) is 4.77. The van der Waals surface area contributed by atoms with Crippen molar-refractivity contribution in [3.8, 4) is 0 Å². The van der Waals surface area contributed by atoms with Gasteiger partial charge in [0.15, 0.2) is 0 Å². The van der Waals surface area contributed by atoms with Crippen LogP contribution in [0.4, 0.5) is 16.0 Å². The van der Waals surface area contributed by atoms with Gasteiger partial charge in [-0.2, -0.15) is 4.98 Å². The molecule has 10 heteroatoms. The molecule has 0 spiro atoms. The van der Waals surface area contributed by atoms with Gasteiger partial charge in [-0.25, -0.2) is 9.07 Å². The van der Waals surface area contributed by atoms with E-state index in [1.165, 1.54) is 17.8 Å². The van der Waals surface area contributed by atoms with Crippen LogP contribution in [0.2, 0.25) is 5.02 Å². The number of fused-ring (bicyclic) bond motifs is 1. The minimum Gasteiger partial charge on any atom is -0.328 e. The maximum absolute atomic E-state index is 14.1. The lowest BCUT2D eigenvalue weighted by Crippen LogP contribution is -2.31. The molecule has 1 atom stereocenters. The predicted molar refractivity (Wildman–Crippen MR) is 135 cm³/mol. The maximum Gasteiger partial charge on any atom is 0.255 e.